The highest BCUT2D eigenvalue weighted by atomic mass is 16.5. The Hall–Kier alpha value is -0.610. The summed E-state index contributed by atoms with van der Waals surface area (Å²) in [5.74, 6) is -0.0944. The van der Waals surface area contributed by atoms with Gasteiger partial charge in [0.05, 0.1) is 13.2 Å². The number of carbonyl (C=O) groups excluding carboxylic acids is 1. The third-order valence-electron chi connectivity index (χ3n) is 3.68. The van der Waals surface area contributed by atoms with Crippen molar-refractivity contribution in [1.82, 2.24) is 4.90 Å². The first-order valence-electron chi connectivity index (χ1n) is 5.64. The van der Waals surface area contributed by atoms with Crippen LogP contribution >= 0.6 is 0 Å². The Bertz CT molecular complexity index is 244. The van der Waals surface area contributed by atoms with Crippen LogP contribution in [0.25, 0.3) is 0 Å². The van der Waals surface area contributed by atoms with Crippen molar-refractivity contribution >= 4 is 5.97 Å². The van der Waals surface area contributed by atoms with Crippen LogP contribution in [0.3, 0.4) is 0 Å². The van der Waals surface area contributed by atoms with Crippen LogP contribution in [0.1, 0.15) is 25.7 Å². The molecule has 1 heterocycles. The molecular weight excluding hydrogens is 194 g/mol. The predicted molar refractivity (Wildman–Crippen MR) is 55.6 cm³/mol. The van der Waals surface area contributed by atoms with E-state index in [0.717, 1.165) is 25.8 Å². The van der Waals surface area contributed by atoms with Crippen molar-refractivity contribution in [2.24, 2.45) is 0 Å². The Labute approximate surface area is 90.5 Å². The van der Waals surface area contributed by atoms with E-state index < -0.39 is 0 Å². The third kappa shape index (κ3) is 1.88. The minimum absolute atomic E-state index is 0.0178. The van der Waals surface area contributed by atoms with Crippen molar-refractivity contribution in [2.75, 3.05) is 20.8 Å². The van der Waals surface area contributed by atoms with E-state index in [-0.39, 0.29) is 12.0 Å². The molecule has 1 saturated carbocycles. The molecule has 3 unspecified atom stereocenters. The Kier molecular flexibility index (Phi) is 3.26. The van der Waals surface area contributed by atoms with E-state index in [1.54, 1.807) is 7.11 Å². The maximum absolute atomic E-state index is 11.5. The molecule has 4 nitrogen and oxygen atoms in total. The number of ether oxygens (including phenoxy) is 2. The van der Waals surface area contributed by atoms with E-state index in [0.29, 0.717) is 12.1 Å². The maximum Gasteiger partial charge on any atom is 0.323 e. The minimum Gasteiger partial charge on any atom is -0.468 e. The van der Waals surface area contributed by atoms with E-state index in [1.165, 1.54) is 13.5 Å². The molecule has 0 aromatic rings. The van der Waals surface area contributed by atoms with Crippen LogP contribution in [-0.2, 0) is 14.3 Å². The molecule has 0 bridgehead atoms. The van der Waals surface area contributed by atoms with Crippen LogP contribution in [0, 0.1) is 0 Å². The number of hydrogen-bond donors (Lipinski definition) is 0. The van der Waals surface area contributed by atoms with Crippen molar-refractivity contribution in [3.05, 3.63) is 0 Å². The van der Waals surface area contributed by atoms with Gasteiger partial charge in [0.15, 0.2) is 0 Å². The molecule has 2 fully saturated rings. The molecule has 15 heavy (non-hydrogen) atoms. The van der Waals surface area contributed by atoms with Crippen LogP contribution in [0.5, 0.6) is 0 Å². The average Bonchev–Trinajstić information content (AvgIpc) is 2.64. The van der Waals surface area contributed by atoms with Gasteiger partial charge in [-0.1, -0.05) is 0 Å². The fraction of sp³-hybridized carbons (Fsp3) is 0.909. The lowest BCUT2D eigenvalue weighted by atomic mass is 9.98. The highest BCUT2D eigenvalue weighted by Gasteiger charge is 2.43. The molecule has 0 radical (unpaired) electrons. The summed E-state index contributed by atoms with van der Waals surface area (Å²) in [5.41, 5.74) is 0. The van der Waals surface area contributed by atoms with Crippen LogP contribution in [-0.4, -0.2) is 49.8 Å². The molecule has 0 spiro atoms. The Morgan fingerprint density at radius 2 is 2.07 bits per heavy atom. The highest BCUT2D eigenvalue weighted by Crippen LogP contribution is 2.32. The molecule has 2 rings (SSSR count). The first-order chi connectivity index (χ1) is 7.27. The van der Waals surface area contributed by atoms with Gasteiger partial charge in [0.2, 0.25) is 0 Å². The summed E-state index contributed by atoms with van der Waals surface area (Å²) in [6.07, 6.45) is 4.70. The van der Waals surface area contributed by atoms with Crippen molar-refractivity contribution in [3.8, 4) is 0 Å². The Morgan fingerprint density at radius 3 is 2.60 bits per heavy atom. The van der Waals surface area contributed by atoms with Crippen LogP contribution in [0.2, 0.25) is 0 Å². The number of methoxy groups -OCH3 is 2. The predicted octanol–water partition coefficient (Wildman–Crippen LogP) is 0.801. The summed E-state index contributed by atoms with van der Waals surface area (Å²) in [6, 6.07) is 0.406. The SMILES string of the molecule is COC(=O)C1CCN1C1CCCC1OC. The molecule has 0 aromatic carbocycles. The van der Waals surface area contributed by atoms with E-state index in [4.69, 9.17) is 9.47 Å². The number of hydrogen-bond acceptors (Lipinski definition) is 4. The molecule has 3 atom stereocenters. The number of esters is 1. The van der Waals surface area contributed by atoms with Crippen LogP contribution in [0.4, 0.5) is 0 Å². The lowest BCUT2D eigenvalue weighted by Crippen LogP contribution is -2.59. The molecule has 0 N–H and O–H groups in total. The van der Waals surface area contributed by atoms with Crippen molar-refractivity contribution in [1.29, 1.82) is 0 Å². The summed E-state index contributed by atoms with van der Waals surface area (Å²) in [4.78, 5) is 13.7. The van der Waals surface area contributed by atoms with Crippen molar-refractivity contribution in [2.45, 2.75) is 43.9 Å². The second kappa shape index (κ2) is 4.49. The number of rotatable bonds is 3. The third-order valence-corrected chi connectivity index (χ3v) is 3.68. The lowest BCUT2D eigenvalue weighted by Gasteiger charge is -2.44. The molecular formula is C11H19NO3. The molecule has 4 heteroatoms. The van der Waals surface area contributed by atoms with Crippen LogP contribution < -0.4 is 0 Å². The zero-order valence-electron chi connectivity index (χ0n) is 9.44. The smallest absolute Gasteiger partial charge is 0.323 e. The topological polar surface area (TPSA) is 38.8 Å². The van der Waals surface area contributed by atoms with Gasteiger partial charge >= 0.3 is 5.97 Å². The van der Waals surface area contributed by atoms with E-state index in [2.05, 4.69) is 4.90 Å². The monoisotopic (exact) mass is 213 g/mol. The molecule has 2 aliphatic rings. The summed E-state index contributed by atoms with van der Waals surface area (Å²) in [6.45, 7) is 1.00. The second-order valence-electron chi connectivity index (χ2n) is 4.34. The number of likely N-dealkylation sites (tertiary alicyclic amines) is 1. The standard InChI is InChI=1S/C11H19NO3/c1-14-10-5-3-4-8(10)12-7-6-9(12)11(13)15-2/h8-10H,3-7H2,1-2H3. The van der Waals surface area contributed by atoms with E-state index >= 15 is 0 Å². The van der Waals surface area contributed by atoms with E-state index in [1.807, 2.05) is 0 Å². The summed E-state index contributed by atoms with van der Waals surface area (Å²) < 4.78 is 10.2. The van der Waals surface area contributed by atoms with Gasteiger partial charge in [0, 0.05) is 19.7 Å². The molecule has 1 saturated heterocycles. The van der Waals surface area contributed by atoms with Gasteiger partial charge in [-0.15, -0.1) is 0 Å². The zero-order chi connectivity index (χ0) is 10.8. The fourth-order valence-corrected chi connectivity index (χ4v) is 2.75. The quantitative estimate of drug-likeness (QED) is 0.650. The minimum atomic E-state index is -0.0944. The fourth-order valence-electron chi connectivity index (χ4n) is 2.75. The Balaban J connectivity index is 1.96. The first kappa shape index (κ1) is 10.9. The van der Waals surface area contributed by atoms with E-state index in [9.17, 15) is 4.79 Å². The molecule has 86 valence electrons. The molecule has 0 aromatic heterocycles. The Morgan fingerprint density at radius 1 is 1.27 bits per heavy atom. The summed E-state index contributed by atoms with van der Waals surface area (Å²) >= 11 is 0. The summed E-state index contributed by atoms with van der Waals surface area (Å²) in [5, 5.41) is 0. The van der Waals surface area contributed by atoms with Gasteiger partial charge in [-0.3, -0.25) is 9.69 Å². The molecule has 1 aliphatic heterocycles. The zero-order valence-corrected chi connectivity index (χ0v) is 9.44. The number of nitrogens with zero attached hydrogens (tertiary/aromatic N) is 1. The normalized spacial score (nSPS) is 36.3. The lowest BCUT2D eigenvalue weighted by molar-refractivity contribution is -0.155. The van der Waals surface area contributed by atoms with Crippen LogP contribution in [0.15, 0.2) is 0 Å². The average molecular weight is 213 g/mol. The van der Waals surface area contributed by atoms with Gasteiger partial charge < -0.3 is 9.47 Å². The number of carbonyl (C=O) groups is 1. The first-order valence-corrected chi connectivity index (χ1v) is 5.64. The van der Waals surface area contributed by atoms with Gasteiger partial charge in [-0.05, 0) is 25.7 Å². The highest BCUT2D eigenvalue weighted by molar-refractivity contribution is 5.76. The van der Waals surface area contributed by atoms with Gasteiger partial charge in [0.25, 0.3) is 0 Å². The maximum atomic E-state index is 11.5. The molecule has 1 aliphatic carbocycles. The second-order valence-corrected chi connectivity index (χ2v) is 4.34. The largest absolute Gasteiger partial charge is 0.468 e. The van der Waals surface area contributed by atoms with Crippen molar-refractivity contribution in [3.63, 3.8) is 0 Å². The van der Waals surface area contributed by atoms with Gasteiger partial charge in [0.1, 0.15) is 6.04 Å². The van der Waals surface area contributed by atoms with Gasteiger partial charge in [-0.25, -0.2) is 0 Å². The molecule has 0 amide bonds. The summed E-state index contributed by atoms with van der Waals surface area (Å²) in [7, 11) is 3.22. The van der Waals surface area contributed by atoms with Gasteiger partial charge in [-0.2, -0.15) is 0 Å². The van der Waals surface area contributed by atoms with Crippen molar-refractivity contribution < 1.29 is 14.3 Å².